The molecule has 0 heterocycles. The number of benzene rings is 2. The van der Waals surface area contributed by atoms with Crippen molar-refractivity contribution in [1.82, 2.24) is 0 Å². The lowest BCUT2D eigenvalue weighted by atomic mass is 10.0. The number of aryl methyl sites for hydroxylation is 1. The highest BCUT2D eigenvalue weighted by molar-refractivity contribution is 5.79. The molecule has 2 heteroatoms. The number of hydrogen-bond acceptors (Lipinski definition) is 2. The number of nitrogens with two attached hydrogens (primary N) is 1. The van der Waals surface area contributed by atoms with Gasteiger partial charge in [0.2, 0.25) is 0 Å². The molecule has 2 aromatic carbocycles. The highest BCUT2D eigenvalue weighted by atomic mass is 14.9. The van der Waals surface area contributed by atoms with E-state index in [9.17, 15) is 0 Å². The first-order valence-corrected chi connectivity index (χ1v) is 7.69. The van der Waals surface area contributed by atoms with Gasteiger partial charge in [0.1, 0.15) is 0 Å². The highest BCUT2D eigenvalue weighted by Gasteiger charge is 2.08. The Kier molecular flexibility index (Phi) is 4.89. The molecule has 0 aliphatic rings. The predicted octanol–water partition coefficient (Wildman–Crippen LogP) is 5.09. The Hall–Kier alpha value is -1.96. The van der Waals surface area contributed by atoms with E-state index in [1.165, 1.54) is 11.1 Å². The summed E-state index contributed by atoms with van der Waals surface area (Å²) in [6.45, 7) is 8.82. The van der Waals surface area contributed by atoms with E-state index in [1.807, 2.05) is 6.07 Å². The lowest BCUT2D eigenvalue weighted by molar-refractivity contribution is 0.540. The molecule has 0 amide bonds. The summed E-state index contributed by atoms with van der Waals surface area (Å²) in [5.41, 5.74) is 11.6. The molecule has 2 aromatic rings. The lowest BCUT2D eigenvalue weighted by Gasteiger charge is -2.18. The van der Waals surface area contributed by atoms with Gasteiger partial charge >= 0.3 is 0 Å². The summed E-state index contributed by atoms with van der Waals surface area (Å²) in [7, 11) is 0. The van der Waals surface area contributed by atoms with E-state index >= 15 is 0 Å². The van der Waals surface area contributed by atoms with Gasteiger partial charge in [0.25, 0.3) is 0 Å². The van der Waals surface area contributed by atoms with E-state index < -0.39 is 0 Å². The average molecular weight is 282 g/mol. The number of rotatable bonds is 5. The quantitative estimate of drug-likeness (QED) is 0.749. The molecule has 0 fully saturated rings. The van der Waals surface area contributed by atoms with Crippen molar-refractivity contribution in [1.29, 1.82) is 0 Å². The van der Waals surface area contributed by atoms with Crippen LogP contribution in [-0.2, 0) is 0 Å². The van der Waals surface area contributed by atoms with Crippen LogP contribution in [0.4, 0.5) is 11.4 Å². The van der Waals surface area contributed by atoms with Gasteiger partial charge in [-0.15, -0.1) is 0 Å². The maximum Gasteiger partial charge on any atom is 0.0395 e. The molecule has 0 aliphatic heterocycles. The van der Waals surface area contributed by atoms with Crippen molar-refractivity contribution < 1.29 is 0 Å². The highest BCUT2D eigenvalue weighted by Crippen LogP contribution is 2.29. The molecule has 21 heavy (non-hydrogen) atoms. The van der Waals surface area contributed by atoms with Gasteiger partial charge in [-0.2, -0.15) is 0 Å². The molecule has 2 nitrogen and oxygen atoms in total. The van der Waals surface area contributed by atoms with Crippen LogP contribution in [0.3, 0.4) is 0 Å². The Morgan fingerprint density at radius 2 is 1.67 bits per heavy atom. The summed E-state index contributed by atoms with van der Waals surface area (Å²) in [5.74, 6) is 0.692. The van der Waals surface area contributed by atoms with Crippen LogP contribution in [0, 0.1) is 12.8 Å². The number of anilines is 2. The van der Waals surface area contributed by atoms with Crippen molar-refractivity contribution in [2.75, 3.05) is 11.1 Å². The molecule has 0 spiro atoms. The molecular weight excluding hydrogens is 256 g/mol. The molecule has 0 radical (unpaired) electrons. The van der Waals surface area contributed by atoms with Gasteiger partial charge in [0, 0.05) is 23.0 Å². The predicted molar refractivity (Wildman–Crippen MR) is 93.6 cm³/mol. The average Bonchev–Trinajstić information content (AvgIpc) is 2.41. The molecule has 3 N–H and O–H groups in total. The van der Waals surface area contributed by atoms with Gasteiger partial charge < -0.3 is 11.1 Å². The van der Waals surface area contributed by atoms with Crippen LogP contribution in [0.25, 0.3) is 11.1 Å². The second-order valence-electron chi connectivity index (χ2n) is 6.34. The van der Waals surface area contributed by atoms with Crippen LogP contribution in [0.2, 0.25) is 0 Å². The third kappa shape index (κ3) is 4.25. The Morgan fingerprint density at radius 1 is 1.00 bits per heavy atom. The van der Waals surface area contributed by atoms with E-state index in [4.69, 9.17) is 5.73 Å². The van der Waals surface area contributed by atoms with Crippen molar-refractivity contribution in [3.63, 3.8) is 0 Å². The molecule has 1 unspecified atom stereocenters. The zero-order chi connectivity index (χ0) is 15.4. The SMILES string of the molecule is Cc1ccc(-c2cc(NC(C)CC(C)C)ccc2N)cc1. The number of hydrogen-bond donors (Lipinski definition) is 2. The standard InChI is InChI=1S/C19H26N2/c1-13(2)11-15(4)21-17-9-10-19(20)18(12-17)16-7-5-14(3)6-8-16/h5-10,12-13,15,21H,11,20H2,1-4H3. The third-order valence-corrected chi connectivity index (χ3v) is 3.65. The van der Waals surface area contributed by atoms with E-state index in [-0.39, 0.29) is 0 Å². The summed E-state index contributed by atoms with van der Waals surface area (Å²) in [6.07, 6.45) is 1.16. The molecule has 0 aliphatic carbocycles. The minimum Gasteiger partial charge on any atom is -0.398 e. The Morgan fingerprint density at radius 3 is 2.29 bits per heavy atom. The summed E-state index contributed by atoms with van der Waals surface area (Å²) >= 11 is 0. The first kappa shape index (κ1) is 15.4. The van der Waals surface area contributed by atoms with Crippen LogP contribution >= 0.6 is 0 Å². The lowest BCUT2D eigenvalue weighted by Crippen LogP contribution is -2.17. The van der Waals surface area contributed by atoms with Crippen LogP contribution in [0.1, 0.15) is 32.8 Å². The maximum atomic E-state index is 6.14. The monoisotopic (exact) mass is 282 g/mol. The zero-order valence-electron chi connectivity index (χ0n) is 13.5. The van der Waals surface area contributed by atoms with Crippen LogP contribution in [-0.4, -0.2) is 6.04 Å². The molecular formula is C19H26N2. The second-order valence-corrected chi connectivity index (χ2v) is 6.34. The molecule has 0 saturated heterocycles. The van der Waals surface area contributed by atoms with Crippen molar-refractivity contribution >= 4 is 11.4 Å². The molecule has 112 valence electrons. The summed E-state index contributed by atoms with van der Waals surface area (Å²) < 4.78 is 0. The fourth-order valence-electron chi connectivity index (χ4n) is 2.68. The number of nitrogens with one attached hydrogen (secondary N) is 1. The minimum atomic E-state index is 0.458. The van der Waals surface area contributed by atoms with Gasteiger partial charge in [-0.1, -0.05) is 43.7 Å². The number of nitrogen functional groups attached to an aromatic ring is 1. The van der Waals surface area contributed by atoms with Crippen molar-refractivity contribution in [3.8, 4) is 11.1 Å². The summed E-state index contributed by atoms with van der Waals surface area (Å²) in [5, 5.41) is 3.57. The molecule has 2 rings (SSSR count). The molecule has 0 bridgehead atoms. The second kappa shape index (κ2) is 6.66. The summed E-state index contributed by atoms with van der Waals surface area (Å²) in [4.78, 5) is 0. The molecule has 1 atom stereocenters. The zero-order valence-corrected chi connectivity index (χ0v) is 13.5. The van der Waals surface area contributed by atoms with Crippen LogP contribution < -0.4 is 11.1 Å². The fraction of sp³-hybridized carbons (Fsp3) is 0.368. The minimum absolute atomic E-state index is 0.458. The summed E-state index contributed by atoms with van der Waals surface area (Å²) in [6, 6.07) is 15.1. The van der Waals surface area contributed by atoms with Crippen molar-refractivity contribution in [2.24, 2.45) is 5.92 Å². The molecule has 0 saturated carbocycles. The maximum absolute atomic E-state index is 6.14. The fourth-order valence-corrected chi connectivity index (χ4v) is 2.68. The van der Waals surface area contributed by atoms with E-state index in [0.29, 0.717) is 12.0 Å². The first-order valence-electron chi connectivity index (χ1n) is 7.69. The van der Waals surface area contributed by atoms with Gasteiger partial charge in [0.15, 0.2) is 0 Å². The van der Waals surface area contributed by atoms with Gasteiger partial charge in [-0.3, -0.25) is 0 Å². The third-order valence-electron chi connectivity index (χ3n) is 3.65. The van der Waals surface area contributed by atoms with Crippen molar-refractivity contribution in [2.45, 2.75) is 40.2 Å². The van der Waals surface area contributed by atoms with Crippen LogP contribution in [0.15, 0.2) is 42.5 Å². The van der Waals surface area contributed by atoms with E-state index in [2.05, 4.69) is 69.4 Å². The smallest absolute Gasteiger partial charge is 0.0395 e. The van der Waals surface area contributed by atoms with Gasteiger partial charge in [-0.05, 0) is 49.9 Å². The van der Waals surface area contributed by atoms with Crippen LogP contribution in [0.5, 0.6) is 0 Å². The topological polar surface area (TPSA) is 38.0 Å². The normalized spacial score (nSPS) is 12.4. The Bertz CT molecular complexity index is 585. The largest absolute Gasteiger partial charge is 0.398 e. The Balaban J connectivity index is 2.23. The molecule has 0 aromatic heterocycles. The first-order chi connectivity index (χ1) is 9.95. The van der Waals surface area contributed by atoms with E-state index in [0.717, 1.165) is 23.4 Å². The Labute approximate surface area is 128 Å². The van der Waals surface area contributed by atoms with Gasteiger partial charge in [-0.25, -0.2) is 0 Å². The van der Waals surface area contributed by atoms with Gasteiger partial charge in [0.05, 0.1) is 0 Å². The van der Waals surface area contributed by atoms with E-state index in [1.54, 1.807) is 0 Å². The van der Waals surface area contributed by atoms with Crippen molar-refractivity contribution in [3.05, 3.63) is 48.0 Å².